The Morgan fingerprint density at radius 2 is 1.14 bits per heavy atom. The quantitative estimate of drug-likeness (QED) is 0.242. The molecule has 0 N–H and O–H groups in total. The van der Waals surface area contributed by atoms with Gasteiger partial charge in [0.05, 0.1) is 5.69 Å². The van der Waals surface area contributed by atoms with Crippen LogP contribution in [0, 0.1) is 20.8 Å². The van der Waals surface area contributed by atoms with Gasteiger partial charge in [-0.15, -0.1) is 0 Å². The number of hydrogen-bond donors (Lipinski definition) is 0. The first kappa shape index (κ1) is 20.5. The number of aryl methyl sites for hydroxylation is 3. The fourth-order valence-corrected chi connectivity index (χ4v) is 4.13. The number of hydrogen-bond acceptors (Lipinski definition) is 3. The molecular formula is C25H25NS2. The van der Waals surface area contributed by atoms with Gasteiger partial charge in [0.15, 0.2) is 0 Å². The lowest BCUT2D eigenvalue weighted by Gasteiger charge is -2.08. The second-order valence-electron chi connectivity index (χ2n) is 6.90. The Kier molecular flexibility index (Phi) is 7.18. The minimum atomic E-state index is 0.980. The van der Waals surface area contributed by atoms with E-state index in [1.807, 2.05) is 0 Å². The molecule has 0 saturated heterocycles. The molecule has 142 valence electrons. The van der Waals surface area contributed by atoms with Gasteiger partial charge in [-0.1, -0.05) is 76.6 Å². The summed E-state index contributed by atoms with van der Waals surface area (Å²) in [6, 6.07) is 25.6. The highest BCUT2D eigenvalue weighted by molar-refractivity contribution is 8.14. The summed E-state index contributed by atoms with van der Waals surface area (Å²) in [5.41, 5.74) is 5.93. The molecule has 0 atom stereocenters. The smallest absolute Gasteiger partial charge is 0.105 e. The summed E-state index contributed by atoms with van der Waals surface area (Å²) in [6.07, 6.45) is 0. The maximum atomic E-state index is 4.94. The molecule has 1 nitrogen and oxygen atoms in total. The summed E-state index contributed by atoms with van der Waals surface area (Å²) < 4.78 is 0. The first-order valence-corrected chi connectivity index (χ1v) is 11.0. The minimum Gasteiger partial charge on any atom is -0.241 e. The minimum absolute atomic E-state index is 0.980. The van der Waals surface area contributed by atoms with Crippen LogP contribution in [0.1, 0.15) is 23.6 Å². The zero-order chi connectivity index (χ0) is 19.9. The zero-order valence-corrected chi connectivity index (χ0v) is 18.4. The SMILES string of the molecule is C/C(=C\Sc1ccc(C)cc1)C(=Nc1ccc(C)cc1)Sc1ccc(C)cc1. The first-order chi connectivity index (χ1) is 13.5. The predicted octanol–water partition coefficient (Wildman–Crippen LogP) is 8.13. The average Bonchev–Trinajstić information content (AvgIpc) is 2.70. The summed E-state index contributed by atoms with van der Waals surface area (Å²) in [5, 5.41) is 3.21. The molecule has 3 rings (SSSR count). The molecule has 0 radical (unpaired) electrons. The summed E-state index contributed by atoms with van der Waals surface area (Å²) in [7, 11) is 0. The molecule has 0 heterocycles. The van der Waals surface area contributed by atoms with Crippen LogP contribution in [0.2, 0.25) is 0 Å². The Balaban J connectivity index is 1.87. The van der Waals surface area contributed by atoms with Crippen LogP contribution >= 0.6 is 23.5 Å². The highest BCUT2D eigenvalue weighted by Crippen LogP contribution is 2.29. The molecule has 28 heavy (non-hydrogen) atoms. The van der Waals surface area contributed by atoms with Crippen LogP contribution in [0.3, 0.4) is 0 Å². The molecule has 0 aliphatic heterocycles. The third kappa shape index (κ3) is 6.15. The van der Waals surface area contributed by atoms with Gasteiger partial charge in [0.1, 0.15) is 5.04 Å². The first-order valence-electron chi connectivity index (χ1n) is 9.30. The lowest BCUT2D eigenvalue weighted by molar-refractivity contribution is 1.38. The average molecular weight is 404 g/mol. The van der Waals surface area contributed by atoms with Crippen LogP contribution in [0.25, 0.3) is 0 Å². The molecule has 3 aromatic rings. The van der Waals surface area contributed by atoms with E-state index in [9.17, 15) is 0 Å². The molecule has 0 fully saturated rings. The Morgan fingerprint density at radius 1 is 0.679 bits per heavy atom. The van der Waals surface area contributed by atoms with Crippen molar-refractivity contribution < 1.29 is 0 Å². The third-order valence-electron chi connectivity index (χ3n) is 4.23. The standard InChI is InChI=1S/C25H25NS2/c1-18-5-11-22(12-6-18)26-25(28-24-15-9-20(3)10-16-24)21(4)17-27-23-13-7-19(2)8-14-23/h5-17H,1-4H3/b21-17+,26-25?. The van der Waals surface area contributed by atoms with Crippen molar-refractivity contribution in [2.75, 3.05) is 0 Å². The van der Waals surface area contributed by atoms with E-state index < -0.39 is 0 Å². The van der Waals surface area contributed by atoms with Gasteiger partial charge in [-0.05, 0) is 75.1 Å². The van der Waals surface area contributed by atoms with Crippen molar-refractivity contribution in [1.82, 2.24) is 0 Å². The zero-order valence-electron chi connectivity index (χ0n) is 16.8. The van der Waals surface area contributed by atoms with Crippen molar-refractivity contribution in [2.24, 2.45) is 4.99 Å². The van der Waals surface area contributed by atoms with E-state index in [0.717, 1.165) is 16.3 Å². The number of nitrogens with zero attached hydrogens (tertiary/aromatic N) is 1. The van der Waals surface area contributed by atoms with Crippen LogP contribution < -0.4 is 0 Å². The van der Waals surface area contributed by atoms with E-state index in [0.29, 0.717) is 0 Å². The monoisotopic (exact) mass is 403 g/mol. The van der Waals surface area contributed by atoms with Gasteiger partial charge in [-0.3, -0.25) is 0 Å². The van der Waals surface area contributed by atoms with E-state index in [2.05, 4.69) is 106 Å². The summed E-state index contributed by atoms with van der Waals surface area (Å²) in [5.74, 6) is 0. The maximum Gasteiger partial charge on any atom is 0.105 e. The van der Waals surface area contributed by atoms with Crippen molar-refractivity contribution in [3.05, 3.63) is 100 Å². The third-order valence-corrected chi connectivity index (χ3v) is 6.36. The molecule has 0 bridgehead atoms. The van der Waals surface area contributed by atoms with E-state index in [-0.39, 0.29) is 0 Å². The van der Waals surface area contributed by atoms with Crippen molar-refractivity contribution in [2.45, 2.75) is 37.5 Å². The molecular weight excluding hydrogens is 378 g/mol. The molecule has 0 saturated carbocycles. The fourth-order valence-electron chi connectivity index (χ4n) is 2.47. The summed E-state index contributed by atoms with van der Waals surface area (Å²) in [6.45, 7) is 8.45. The Morgan fingerprint density at radius 3 is 1.68 bits per heavy atom. The van der Waals surface area contributed by atoms with E-state index in [1.54, 1.807) is 23.5 Å². The molecule has 3 heteroatoms. The summed E-state index contributed by atoms with van der Waals surface area (Å²) >= 11 is 3.45. The van der Waals surface area contributed by atoms with Crippen molar-refractivity contribution in [1.29, 1.82) is 0 Å². The van der Waals surface area contributed by atoms with Crippen molar-refractivity contribution in [3.8, 4) is 0 Å². The highest BCUT2D eigenvalue weighted by atomic mass is 32.2. The highest BCUT2D eigenvalue weighted by Gasteiger charge is 2.07. The molecule has 0 unspecified atom stereocenters. The lowest BCUT2D eigenvalue weighted by Crippen LogP contribution is -1.94. The number of rotatable bonds is 5. The maximum absolute atomic E-state index is 4.94. The second-order valence-corrected chi connectivity index (χ2v) is 8.90. The van der Waals surface area contributed by atoms with Crippen LogP contribution in [0.15, 0.2) is 98.6 Å². The van der Waals surface area contributed by atoms with Gasteiger partial charge < -0.3 is 0 Å². The van der Waals surface area contributed by atoms with E-state index in [4.69, 9.17) is 4.99 Å². The van der Waals surface area contributed by atoms with Crippen LogP contribution in [0.5, 0.6) is 0 Å². The molecule has 0 amide bonds. The summed E-state index contributed by atoms with van der Waals surface area (Å²) in [4.78, 5) is 7.38. The fraction of sp³-hybridized carbons (Fsp3) is 0.160. The molecule has 0 aliphatic rings. The Bertz CT molecular complexity index is 967. The van der Waals surface area contributed by atoms with Crippen LogP contribution in [0.4, 0.5) is 5.69 Å². The topological polar surface area (TPSA) is 12.4 Å². The number of thioether (sulfide) groups is 2. The van der Waals surface area contributed by atoms with Crippen molar-refractivity contribution >= 4 is 34.3 Å². The van der Waals surface area contributed by atoms with Gasteiger partial charge in [-0.2, -0.15) is 0 Å². The molecule has 3 aromatic carbocycles. The van der Waals surface area contributed by atoms with E-state index >= 15 is 0 Å². The number of aliphatic imine (C=N–C) groups is 1. The largest absolute Gasteiger partial charge is 0.241 e. The predicted molar refractivity (Wildman–Crippen MR) is 126 cm³/mol. The molecule has 0 spiro atoms. The van der Waals surface area contributed by atoms with Crippen molar-refractivity contribution in [3.63, 3.8) is 0 Å². The van der Waals surface area contributed by atoms with Gasteiger partial charge in [0, 0.05) is 9.79 Å². The van der Waals surface area contributed by atoms with Gasteiger partial charge >= 0.3 is 0 Å². The molecule has 0 aromatic heterocycles. The Hall–Kier alpha value is -2.23. The van der Waals surface area contributed by atoms with Gasteiger partial charge in [-0.25, -0.2) is 4.99 Å². The lowest BCUT2D eigenvalue weighted by atomic mass is 10.2. The normalized spacial score (nSPS) is 12.3. The second kappa shape index (κ2) is 9.81. The van der Waals surface area contributed by atoms with Crippen LogP contribution in [-0.2, 0) is 0 Å². The van der Waals surface area contributed by atoms with Crippen LogP contribution in [-0.4, -0.2) is 5.04 Å². The molecule has 0 aliphatic carbocycles. The van der Waals surface area contributed by atoms with E-state index in [1.165, 1.54) is 26.5 Å². The van der Waals surface area contributed by atoms with Gasteiger partial charge in [0.25, 0.3) is 0 Å². The number of benzene rings is 3. The van der Waals surface area contributed by atoms with Gasteiger partial charge in [0.2, 0.25) is 0 Å². The Labute approximate surface area is 177 Å².